The summed E-state index contributed by atoms with van der Waals surface area (Å²) in [5.41, 5.74) is 4.69. The van der Waals surface area contributed by atoms with E-state index in [1.54, 1.807) is 24.3 Å². The van der Waals surface area contributed by atoms with E-state index >= 15 is 0 Å². The van der Waals surface area contributed by atoms with Crippen molar-refractivity contribution in [2.75, 3.05) is 44.7 Å². The lowest BCUT2D eigenvalue weighted by Crippen LogP contribution is -2.51. The lowest BCUT2D eigenvalue weighted by molar-refractivity contribution is -0.132. The second-order valence-corrected chi connectivity index (χ2v) is 9.90. The normalized spacial score (nSPS) is 17.5. The molecule has 1 unspecified atom stereocenters. The fourth-order valence-corrected chi connectivity index (χ4v) is 5.05. The van der Waals surface area contributed by atoms with Crippen LogP contribution in [0.1, 0.15) is 30.0 Å². The van der Waals surface area contributed by atoms with Gasteiger partial charge in [0.25, 0.3) is 0 Å². The zero-order chi connectivity index (χ0) is 27.4. The minimum atomic E-state index is -0.298. The van der Waals surface area contributed by atoms with Crippen LogP contribution in [-0.2, 0) is 4.79 Å². The Hall–Kier alpha value is -4.20. The monoisotopic (exact) mass is 527 g/mol. The second-order valence-electron chi connectivity index (χ2n) is 9.90. The van der Waals surface area contributed by atoms with E-state index in [1.807, 2.05) is 41.4 Å². The summed E-state index contributed by atoms with van der Waals surface area (Å²) in [6.07, 6.45) is 4.81. The third-order valence-electron chi connectivity index (χ3n) is 7.32. The Balaban J connectivity index is 1.38. The van der Waals surface area contributed by atoms with Crippen LogP contribution >= 0.6 is 0 Å². The van der Waals surface area contributed by atoms with Crippen molar-refractivity contribution in [3.8, 4) is 5.75 Å². The number of anilines is 1. The van der Waals surface area contributed by atoms with Gasteiger partial charge in [0, 0.05) is 38.3 Å². The number of hydrogen-bond donors (Lipinski definition) is 0. The Labute approximate surface area is 229 Å². The molecule has 1 saturated heterocycles. The van der Waals surface area contributed by atoms with Gasteiger partial charge in [0.2, 0.25) is 5.91 Å². The van der Waals surface area contributed by atoms with Crippen LogP contribution in [0.2, 0.25) is 0 Å². The summed E-state index contributed by atoms with van der Waals surface area (Å²) in [5.74, 6) is 1.48. The SMILES string of the molecule is CCC1C=C(c2ccc(F)cc2)N(CC(=O)N2CCN(c3cc(C)ccn3)CC2)N=C1c1ccc(OC)cc1. The summed E-state index contributed by atoms with van der Waals surface area (Å²) in [6, 6.07) is 18.3. The fourth-order valence-electron chi connectivity index (χ4n) is 5.05. The van der Waals surface area contributed by atoms with Crippen molar-refractivity contribution in [1.82, 2.24) is 14.9 Å². The van der Waals surface area contributed by atoms with E-state index < -0.39 is 0 Å². The van der Waals surface area contributed by atoms with Gasteiger partial charge in [0.05, 0.1) is 18.5 Å². The van der Waals surface area contributed by atoms with E-state index in [0.717, 1.165) is 53.6 Å². The number of halogens is 1. The molecule has 0 spiro atoms. The van der Waals surface area contributed by atoms with Gasteiger partial charge in [-0.15, -0.1) is 0 Å². The number of benzene rings is 2. The Bertz CT molecular complexity index is 1360. The number of pyridine rings is 1. The maximum atomic E-state index is 13.7. The molecule has 39 heavy (non-hydrogen) atoms. The van der Waals surface area contributed by atoms with E-state index in [-0.39, 0.29) is 24.2 Å². The largest absolute Gasteiger partial charge is 0.497 e. The topological polar surface area (TPSA) is 61.3 Å². The molecule has 0 bridgehead atoms. The molecule has 0 N–H and O–H groups in total. The maximum Gasteiger partial charge on any atom is 0.244 e. The molecule has 2 aromatic carbocycles. The number of allylic oxidation sites excluding steroid dienone is 1. The molecule has 1 aromatic heterocycles. The van der Waals surface area contributed by atoms with Crippen LogP contribution in [0.3, 0.4) is 0 Å². The Morgan fingerprint density at radius 3 is 2.33 bits per heavy atom. The molecule has 1 fully saturated rings. The average molecular weight is 528 g/mol. The van der Waals surface area contributed by atoms with Gasteiger partial charge in [-0.3, -0.25) is 9.80 Å². The van der Waals surface area contributed by atoms with Crippen LogP contribution in [0.4, 0.5) is 10.2 Å². The number of rotatable bonds is 7. The third-order valence-corrected chi connectivity index (χ3v) is 7.32. The van der Waals surface area contributed by atoms with Gasteiger partial charge >= 0.3 is 0 Å². The minimum absolute atomic E-state index is 0.00708. The van der Waals surface area contributed by atoms with Gasteiger partial charge < -0.3 is 14.5 Å². The van der Waals surface area contributed by atoms with Gasteiger partial charge in [0.1, 0.15) is 23.9 Å². The number of amides is 1. The number of nitrogens with zero attached hydrogens (tertiary/aromatic N) is 5. The number of piperazine rings is 1. The van der Waals surface area contributed by atoms with Crippen LogP contribution in [0, 0.1) is 18.7 Å². The van der Waals surface area contributed by atoms with Crippen LogP contribution in [0.25, 0.3) is 5.70 Å². The molecule has 3 aromatic rings. The first-order valence-corrected chi connectivity index (χ1v) is 13.4. The number of hydrazone groups is 1. The molecule has 0 aliphatic carbocycles. The van der Waals surface area contributed by atoms with Gasteiger partial charge in [-0.2, -0.15) is 5.10 Å². The summed E-state index contributed by atoms with van der Waals surface area (Å²) in [4.78, 5) is 22.2. The molecule has 202 valence electrons. The number of aromatic nitrogens is 1. The Kier molecular flexibility index (Phi) is 7.91. The molecule has 3 heterocycles. The molecule has 2 aliphatic heterocycles. The number of methoxy groups -OCH3 is 1. The van der Waals surface area contributed by atoms with E-state index in [1.165, 1.54) is 17.7 Å². The number of hydrogen-bond acceptors (Lipinski definition) is 6. The highest BCUT2D eigenvalue weighted by atomic mass is 19.1. The summed E-state index contributed by atoms with van der Waals surface area (Å²) < 4.78 is 19.1. The number of aryl methyl sites for hydroxylation is 1. The van der Waals surface area contributed by atoms with Crippen molar-refractivity contribution in [3.05, 3.63) is 95.4 Å². The van der Waals surface area contributed by atoms with Gasteiger partial charge in [0.15, 0.2) is 0 Å². The molecule has 5 rings (SSSR count). The minimum Gasteiger partial charge on any atom is -0.497 e. The van der Waals surface area contributed by atoms with Crippen molar-refractivity contribution in [2.45, 2.75) is 20.3 Å². The van der Waals surface area contributed by atoms with Gasteiger partial charge in [-0.1, -0.05) is 6.92 Å². The quantitative estimate of drug-likeness (QED) is 0.434. The molecule has 8 heteroatoms. The first-order valence-electron chi connectivity index (χ1n) is 13.4. The summed E-state index contributed by atoms with van der Waals surface area (Å²) >= 11 is 0. The smallest absolute Gasteiger partial charge is 0.244 e. The molecule has 7 nitrogen and oxygen atoms in total. The maximum absolute atomic E-state index is 13.7. The molecule has 1 atom stereocenters. The summed E-state index contributed by atoms with van der Waals surface area (Å²) in [7, 11) is 1.64. The van der Waals surface area contributed by atoms with E-state index in [9.17, 15) is 9.18 Å². The van der Waals surface area contributed by atoms with Crippen molar-refractivity contribution >= 4 is 23.1 Å². The second kappa shape index (κ2) is 11.7. The van der Waals surface area contributed by atoms with E-state index in [2.05, 4.69) is 35.9 Å². The molecule has 0 radical (unpaired) electrons. The van der Waals surface area contributed by atoms with E-state index in [4.69, 9.17) is 9.84 Å². The van der Waals surface area contributed by atoms with Crippen molar-refractivity contribution in [3.63, 3.8) is 0 Å². The highest BCUT2D eigenvalue weighted by Gasteiger charge is 2.29. The standard InChI is InChI=1S/C31H34FN5O2/c1-4-23-20-28(24-5-9-26(32)10-6-24)37(34-31(23)25-7-11-27(39-3)12-8-25)21-30(38)36-17-15-35(16-18-36)29-19-22(2)13-14-33-29/h5-14,19-20,23H,4,15-18,21H2,1-3H3. The van der Waals surface area contributed by atoms with Crippen molar-refractivity contribution in [1.29, 1.82) is 0 Å². The van der Waals surface area contributed by atoms with Crippen LogP contribution in [0.5, 0.6) is 5.75 Å². The highest BCUT2D eigenvalue weighted by Crippen LogP contribution is 2.31. The van der Waals surface area contributed by atoms with Crippen molar-refractivity contribution < 1.29 is 13.9 Å². The fraction of sp³-hybridized carbons (Fsp3) is 0.323. The zero-order valence-electron chi connectivity index (χ0n) is 22.7. The van der Waals surface area contributed by atoms with Crippen LogP contribution in [-0.4, -0.2) is 66.3 Å². The molecular weight excluding hydrogens is 493 g/mol. The van der Waals surface area contributed by atoms with Crippen molar-refractivity contribution in [2.24, 2.45) is 11.0 Å². The molecule has 0 saturated carbocycles. The van der Waals surface area contributed by atoms with E-state index in [0.29, 0.717) is 13.1 Å². The number of carbonyl (C=O) groups is 1. The van der Waals surface area contributed by atoms with Crippen LogP contribution < -0.4 is 9.64 Å². The Morgan fingerprint density at radius 2 is 1.69 bits per heavy atom. The number of ether oxygens (including phenoxy) is 1. The number of carbonyl (C=O) groups excluding carboxylic acids is 1. The summed E-state index contributed by atoms with van der Waals surface area (Å²) in [5, 5.41) is 6.80. The van der Waals surface area contributed by atoms with Crippen LogP contribution in [0.15, 0.2) is 78.0 Å². The van der Waals surface area contributed by atoms with Gasteiger partial charge in [-0.05, 0) is 96.8 Å². The van der Waals surface area contributed by atoms with Gasteiger partial charge in [-0.25, -0.2) is 9.37 Å². The predicted molar refractivity (Wildman–Crippen MR) is 152 cm³/mol. The molecular formula is C31H34FN5O2. The Morgan fingerprint density at radius 1 is 1.00 bits per heavy atom. The average Bonchev–Trinajstić information content (AvgIpc) is 2.97. The summed E-state index contributed by atoms with van der Waals surface area (Å²) in [6.45, 7) is 6.95. The zero-order valence-corrected chi connectivity index (χ0v) is 22.7. The highest BCUT2D eigenvalue weighted by molar-refractivity contribution is 6.05. The third kappa shape index (κ3) is 5.95. The first kappa shape index (κ1) is 26.4. The predicted octanol–water partition coefficient (Wildman–Crippen LogP) is 4.97. The first-order chi connectivity index (χ1) is 18.9. The lowest BCUT2D eigenvalue weighted by atomic mass is 9.91. The molecule has 1 amide bonds. The molecule has 2 aliphatic rings. The lowest BCUT2D eigenvalue weighted by Gasteiger charge is -2.37.